The molecule has 1 N–H and O–H groups in total. The number of methoxy groups -OCH3 is 1. The summed E-state index contributed by atoms with van der Waals surface area (Å²) in [6, 6.07) is 14.9. The predicted octanol–water partition coefficient (Wildman–Crippen LogP) is 2.39. The zero-order chi connectivity index (χ0) is 21.8. The van der Waals surface area contributed by atoms with E-state index in [4.69, 9.17) is 4.74 Å². The summed E-state index contributed by atoms with van der Waals surface area (Å²) in [5, 5.41) is 11.6. The van der Waals surface area contributed by atoms with Crippen LogP contribution in [0.25, 0.3) is 10.9 Å². The average molecular weight is 421 g/mol. The molecule has 0 unspecified atom stereocenters. The highest BCUT2D eigenvalue weighted by Gasteiger charge is 2.34. The molecular weight excluding hydrogens is 394 g/mol. The molecule has 31 heavy (non-hydrogen) atoms. The summed E-state index contributed by atoms with van der Waals surface area (Å²) in [6.45, 7) is 1.11. The molecule has 1 saturated heterocycles. The van der Waals surface area contributed by atoms with Gasteiger partial charge in [0.25, 0.3) is 5.56 Å². The zero-order valence-corrected chi connectivity index (χ0v) is 17.7. The molecule has 2 heterocycles. The van der Waals surface area contributed by atoms with Crippen LogP contribution >= 0.6 is 0 Å². The van der Waals surface area contributed by atoms with Crippen molar-refractivity contribution in [3.63, 3.8) is 0 Å². The van der Waals surface area contributed by atoms with Gasteiger partial charge in [-0.3, -0.25) is 14.2 Å². The first-order chi connectivity index (χ1) is 15.0. The van der Waals surface area contributed by atoms with Crippen LogP contribution in [-0.2, 0) is 17.8 Å². The first kappa shape index (κ1) is 21.1. The maximum Gasteiger partial charge on any atom is 0.261 e. The van der Waals surface area contributed by atoms with Crippen molar-refractivity contribution in [2.45, 2.75) is 37.8 Å². The number of aliphatic hydroxyl groups is 1. The van der Waals surface area contributed by atoms with Gasteiger partial charge in [-0.1, -0.05) is 30.3 Å². The van der Waals surface area contributed by atoms with Gasteiger partial charge < -0.3 is 14.7 Å². The first-order valence-electron chi connectivity index (χ1n) is 10.6. The minimum atomic E-state index is -1.03. The Bertz CT molecular complexity index is 1130. The number of aryl methyl sites for hydroxylation is 1. The second kappa shape index (κ2) is 8.89. The van der Waals surface area contributed by atoms with Crippen LogP contribution in [0.15, 0.2) is 59.7 Å². The number of fused-ring (bicyclic) bond motifs is 1. The summed E-state index contributed by atoms with van der Waals surface area (Å²) in [5.41, 5.74) is 0.462. The Morgan fingerprint density at radius 2 is 1.84 bits per heavy atom. The van der Waals surface area contributed by atoms with Crippen molar-refractivity contribution < 1.29 is 14.6 Å². The number of carbonyl (C=O) groups excluding carboxylic acids is 1. The normalized spacial score (nSPS) is 15.7. The van der Waals surface area contributed by atoms with Crippen LogP contribution in [0, 0.1) is 0 Å². The van der Waals surface area contributed by atoms with E-state index in [-0.39, 0.29) is 18.0 Å². The van der Waals surface area contributed by atoms with Crippen LogP contribution in [-0.4, -0.2) is 51.3 Å². The number of carbonyl (C=O) groups is 1. The van der Waals surface area contributed by atoms with Crippen molar-refractivity contribution in [1.29, 1.82) is 0 Å². The number of para-hydroxylation sites is 2. The molecule has 7 heteroatoms. The molecule has 1 aliphatic heterocycles. The van der Waals surface area contributed by atoms with Gasteiger partial charge in [0.1, 0.15) is 5.75 Å². The van der Waals surface area contributed by atoms with E-state index >= 15 is 0 Å². The van der Waals surface area contributed by atoms with Gasteiger partial charge in [0.2, 0.25) is 5.91 Å². The Labute approximate surface area is 180 Å². The maximum absolute atomic E-state index is 12.7. The van der Waals surface area contributed by atoms with E-state index in [0.29, 0.717) is 49.7 Å². The van der Waals surface area contributed by atoms with E-state index in [1.54, 1.807) is 30.2 Å². The summed E-state index contributed by atoms with van der Waals surface area (Å²) in [7, 11) is 1.63. The van der Waals surface area contributed by atoms with E-state index in [9.17, 15) is 14.7 Å². The number of rotatable bonds is 6. The Morgan fingerprint density at radius 1 is 1.13 bits per heavy atom. The van der Waals surface area contributed by atoms with Crippen LogP contribution in [0.2, 0.25) is 0 Å². The molecule has 2 aromatic carbocycles. The Kier molecular flexibility index (Phi) is 6.04. The largest absolute Gasteiger partial charge is 0.496 e. The molecule has 0 atom stereocenters. The van der Waals surface area contributed by atoms with Gasteiger partial charge in [-0.15, -0.1) is 0 Å². The molecule has 4 rings (SSSR count). The van der Waals surface area contributed by atoms with Crippen LogP contribution in [0.4, 0.5) is 0 Å². The van der Waals surface area contributed by atoms with Gasteiger partial charge in [0.15, 0.2) is 0 Å². The van der Waals surface area contributed by atoms with E-state index in [0.717, 1.165) is 11.3 Å². The third kappa shape index (κ3) is 4.61. The monoisotopic (exact) mass is 421 g/mol. The molecule has 3 aromatic rings. The summed E-state index contributed by atoms with van der Waals surface area (Å²) >= 11 is 0. The number of piperidine rings is 1. The lowest BCUT2D eigenvalue weighted by Gasteiger charge is -2.38. The average Bonchev–Trinajstić information content (AvgIpc) is 2.80. The molecule has 1 aromatic heterocycles. The van der Waals surface area contributed by atoms with Crippen molar-refractivity contribution in [2.75, 3.05) is 20.2 Å². The highest BCUT2D eigenvalue weighted by atomic mass is 16.5. The van der Waals surface area contributed by atoms with Gasteiger partial charge in [0.05, 0.1) is 36.5 Å². The summed E-state index contributed by atoms with van der Waals surface area (Å²) in [4.78, 5) is 31.5. The van der Waals surface area contributed by atoms with E-state index in [2.05, 4.69) is 4.98 Å². The molecule has 0 radical (unpaired) electrons. The van der Waals surface area contributed by atoms with Crippen LogP contribution in [0.5, 0.6) is 5.75 Å². The zero-order valence-electron chi connectivity index (χ0n) is 17.7. The van der Waals surface area contributed by atoms with Crippen molar-refractivity contribution in [2.24, 2.45) is 0 Å². The van der Waals surface area contributed by atoms with Gasteiger partial charge in [0, 0.05) is 19.5 Å². The van der Waals surface area contributed by atoms with Crippen LogP contribution in [0.1, 0.15) is 24.8 Å². The lowest BCUT2D eigenvalue weighted by atomic mass is 9.91. The third-order valence-corrected chi connectivity index (χ3v) is 6.04. The lowest BCUT2D eigenvalue weighted by molar-refractivity contribution is -0.135. The number of ether oxygens (including phenoxy) is 1. The molecule has 1 amide bonds. The minimum Gasteiger partial charge on any atom is -0.496 e. The Morgan fingerprint density at radius 3 is 2.61 bits per heavy atom. The number of hydrogen-bond acceptors (Lipinski definition) is 5. The lowest BCUT2D eigenvalue weighted by Crippen LogP contribution is -2.49. The van der Waals surface area contributed by atoms with Gasteiger partial charge >= 0.3 is 0 Å². The molecular formula is C24H27N3O4. The second-order valence-electron chi connectivity index (χ2n) is 8.11. The molecule has 0 aliphatic carbocycles. The number of amides is 1. The first-order valence-corrected chi connectivity index (χ1v) is 10.6. The second-order valence-corrected chi connectivity index (χ2v) is 8.11. The van der Waals surface area contributed by atoms with E-state index in [1.807, 2.05) is 30.3 Å². The topological polar surface area (TPSA) is 84.7 Å². The number of hydrogen-bond donors (Lipinski definition) is 1. The number of benzene rings is 2. The highest BCUT2D eigenvalue weighted by Crippen LogP contribution is 2.25. The SMILES string of the molecule is COc1ccccc1CCC(=O)N1CCC(O)(Cn2cnc3ccccc3c2=O)CC1. The Balaban J connectivity index is 1.36. The van der Waals surface area contributed by atoms with E-state index < -0.39 is 5.60 Å². The smallest absolute Gasteiger partial charge is 0.261 e. The summed E-state index contributed by atoms with van der Waals surface area (Å²) in [5.74, 6) is 0.857. The number of nitrogens with zero attached hydrogens (tertiary/aromatic N) is 3. The van der Waals surface area contributed by atoms with Crippen molar-refractivity contribution >= 4 is 16.8 Å². The molecule has 7 nitrogen and oxygen atoms in total. The highest BCUT2D eigenvalue weighted by molar-refractivity contribution is 5.77. The van der Waals surface area contributed by atoms with Gasteiger partial charge in [-0.2, -0.15) is 0 Å². The van der Waals surface area contributed by atoms with Gasteiger partial charge in [-0.05, 0) is 43.0 Å². The molecule has 0 spiro atoms. The third-order valence-electron chi connectivity index (χ3n) is 6.04. The fourth-order valence-electron chi connectivity index (χ4n) is 4.18. The predicted molar refractivity (Wildman–Crippen MR) is 118 cm³/mol. The number of likely N-dealkylation sites (tertiary alicyclic amines) is 1. The molecule has 0 saturated carbocycles. The van der Waals surface area contributed by atoms with Gasteiger partial charge in [-0.25, -0.2) is 4.98 Å². The molecule has 0 bridgehead atoms. The molecule has 1 aliphatic rings. The number of aromatic nitrogens is 2. The standard InChI is InChI=1S/C24H27N3O4/c1-31-21-9-5-2-6-18(21)10-11-22(28)26-14-12-24(30,13-15-26)16-27-17-25-20-8-4-3-7-19(20)23(27)29/h2-9,17,30H,10-16H2,1H3. The quantitative estimate of drug-likeness (QED) is 0.661. The maximum atomic E-state index is 12.7. The van der Waals surface area contributed by atoms with Crippen molar-refractivity contribution in [1.82, 2.24) is 14.5 Å². The summed E-state index contributed by atoms with van der Waals surface area (Å²) in [6.07, 6.45) is 3.35. The van der Waals surface area contributed by atoms with Crippen LogP contribution in [0.3, 0.4) is 0 Å². The fraction of sp³-hybridized carbons (Fsp3) is 0.375. The summed E-state index contributed by atoms with van der Waals surface area (Å²) < 4.78 is 6.83. The molecule has 162 valence electrons. The van der Waals surface area contributed by atoms with Crippen molar-refractivity contribution in [3.8, 4) is 5.75 Å². The Hall–Kier alpha value is -3.19. The van der Waals surface area contributed by atoms with Crippen LogP contribution < -0.4 is 10.3 Å². The molecule has 1 fully saturated rings. The van der Waals surface area contributed by atoms with Crippen molar-refractivity contribution in [3.05, 3.63) is 70.8 Å². The van der Waals surface area contributed by atoms with E-state index in [1.165, 1.54) is 10.9 Å². The fourth-order valence-corrected chi connectivity index (χ4v) is 4.18. The minimum absolute atomic E-state index is 0.0671.